The number of nitrogens with two attached hydrogens (primary N) is 1. The Bertz CT molecular complexity index is 546. The zero-order chi connectivity index (χ0) is 14.5. The van der Waals surface area contributed by atoms with Gasteiger partial charge in [0.1, 0.15) is 11.6 Å². The molecule has 20 heavy (non-hydrogen) atoms. The lowest BCUT2D eigenvalue weighted by Crippen LogP contribution is -2.21. The summed E-state index contributed by atoms with van der Waals surface area (Å²) in [5.74, 6) is 1.46. The van der Waals surface area contributed by atoms with Crippen LogP contribution in [-0.4, -0.2) is 19.1 Å². The van der Waals surface area contributed by atoms with Crippen molar-refractivity contribution in [2.75, 3.05) is 19.9 Å². The van der Waals surface area contributed by atoms with E-state index in [4.69, 9.17) is 10.5 Å². The summed E-state index contributed by atoms with van der Waals surface area (Å²) in [6.45, 7) is 2.06. The number of hydrogen-bond donors (Lipinski definition) is 2. The Morgan fingerprint density at radius 1 is 1.25 bits per heavy atom. The number of ether oxygens (including phenoxy) is 1. The van der Waals surface area contributed by atoms with Crippen molar-refractivity contribution in [3.05, 3.63) is 53.2 Å². The molecule has 0 spiro atoms. The van der Waals surface area contributed by atoms with E-state index in [1.807, 2.05) is 25.2 Å². The van der Waals surface area contributed by atoms with Crippen LogP contribution in [-0.2, 0) is 6.42 Å². The molecule has 0 saturated carbocycles. The summed E-state index contributed by atoms with van der Waals surface area (Å²) in [5.41, 5.74) is 9.49. The van der Waals surface area contributed by atoms with Crippen LogP contribution in [0.3, 0.4) is 0 Å². The van der Waals surface area contributed by atoms with E-state index in [0.717, 1.165) is 23.3 Å². The largest absolute Gasteiger partial charge is 0.497 e. The summed E-state index contributed by atoms with van der Waals surface area (Å²) in [5, 5.41) is 3.33. The third-order valence-electron chi connectivity index (χ3n) is 3.53. The van der Waals surface area contributed by atoms with Crippen LogP contribution in [0.5, 0.6) is 5.75 Å². The summed E-state index contributed by atoms with van der Waals surface area (Å²) < 4.78 is 5.18. The highest BCUT2D eigenvalue weighted by Gasteiger charge is 2.16. The first-order valence-electron chi connectivity index (χ1n) is 6.67. The van der Waals surface area contributed by atoms with Gasteiger partial charge in [0.25, 0.3) is 0 Å². The maximum atomic E-state index is 6.03. The van der Waals surface area contributed by atoms with Crippen LogP contribution in [0.2, 0.25) is 0 Å². The quantitative estimate of drug-likeness (QED) is 0.877. The molecular formula is C16H21N3O. The first-order chi connectivity index (χ1) is 9.65. The molecule has 2 rings (SSSR count). The van der Waals surface area contributed by atoms with E-state index in [1.165, 1.54) is 5.56 Å². The molecule has 4 heteroatoms. The van der Waals surface area contributed by atoms with Gasteiger partial charge in [0.15, 0.2) is 0 Å². The highest BCUT2D eigenvalue weighted by atomic mass is 16.5. The fourth-order valence-electron chi connectivity index (χ4n) is 2.39. The van der Waals surface area contributed by atoms with Crippen molar-refractivity contribution >= 4 is 5.82 Å². The zero-order valence-corrected chi connectivity index (χ0v) is 12.2. The molecule has 1 heterocycles. The fraction of sp³-hybridized carbons (Fsp3) is 0.312. The number of nitrogens with one attached hydrogen (secondary N) is 1. The molecule has 3 N–H and O–H groups in total. The van der Waals surface area contributed by atoms with E-state index in [0.29, 0.717) is 5.82 Å². The number of methoxy groups -OCH3 is 1. The Morgan fingerprint density at radius 2 is 1.95 bits per heavy atom. The molecule has 1 aromatic heterocycles. The maximum absolute atomic E-state index is 6.03. The average Bonchev–Trinajstić information content (AvgIpc) is 2.46. The van der Waals surface area contributed by atoms with Crippen LogP contribution < -0.4 is 15.8 Å². The third-order valence-corrected chi connectivity index (χ3v) is 3.53. The van der Waals surface area contributed by atoms with E-state index < -0.39 is 0 Å². The number of pyridine rings is 1. The Labute approximate surface area is 120 Å². The lowest BCUT2D eigenvalue weighted by Gasteiger charge is -2.20. The minimum absolute atomic E-state index is 0.150. The van der Waals surface area contributed by atoms with Crippen LogP contribution in [0.25, 0.3) is 0 Å². The first-order valence-corrected chi connectivity index (χ1v) is 6.67. The number of anilines is 1. The number of nitrogen functional groups attached to an aromatic ring is 1. The van der Waals surface area contributed by atoms with Gasteiger partial charge in [0.05, 0.1) is 7.11 Å². The number of likely N-dealkylation sites (N-methyl/N-ethyl adjacent to an activating group) is 1. The summed E-state index contributed by atoms with van der Waals surface area (Å²) in [6, 6.07) is 10.2. The van der Waals surface area contributed by atoms with Crippen molar-refractivity contribution < 1.29 is 4.74 Å². The predicted octanol–water partition coefficient (Wildman–Crippen LogP) is 2.48. The number of nitrogens with zero attached hydrogens (tertiary/aromatic N) is 1. The summed E-state index contributed by atoms with van der Waals surface area (Å²) in [7, 11) is 3.62. The highest BCUT2D eigenvalue weighted by Crippen LogP contribution is 2.26. The molecule has 2 aromatic rings. The molecule has 0 aliphatic heterocycles. The molecule has 1 atom stereocenters. The van der Waals surface area contributed by atoms with Crippen LogP contribution in [0.15, 0.2) is 36.5 Å². The van der Waals surface area contributed by atoms with Gasteiger partial charge < -0.3 is 15.8 Å². The van der Waals surface area contributed by atoms with Gasteiger partial charge in [-0.15, -0.1) is 0 Å². The van der Waals surface area contributed by atoms with Crippen molar-refractivity contribution in [3.8, 4) is 5.75 Å². The van der Waals surface area contributed by atoms with E-state index in [1.54, 1.807) is 13.3 Å². The third kappa shape index (κ3) is 3.08. The van der Waals surface area contributed by atoms with Gasteiger partial charge in [0, 0.05) is 17.8 Å². The van der Waals surface area contributed by atoms with Crippen molar-refractivity contribution in [2.45, 2.75) is 19.4 Å². The maximum Gasteiger partial charge on any atom is 0.128 e. The zero-order valence-electron chi connectivity index (χ0n) is 12.2. The van der Waals surface area contributed by atoms with Crippen molar-refractivity contribution in [1.29, 1.82) is 0 Å². The summed E-state index contributed by atoms with van der Waals surface area (Å²) in [4.78, 5) is 4.20. The number of aryl methyl sites for hydroxylation is 1. The summed E-state index contributed by atoms with van der Waals surface area (Å²) in [6.07, 6.45) is 2.60. The second-order valence-corrected chi connectivity index (χ2v) is 4.82. The van der Waals surface area contributed by atoms with Gasteiger partial charge >= 0.3 is 0 Å². The molecule has 0 amide bonds. The second-order valence-electron chi connectivity index (χ2n) is 4.82. The first kappa shape index (κ1) is 14.3. The Balaban J connectivity index is 2.24. The molecule has 0 aliphatic rings. The molecule has 0 aliphatic carbocycles. The monoisotopic (exact) mass is 271 g/mol. The lowest BCUT2D eigenvalue weighted by molar-refractivity contribution is 0.414. The molecular weight excluding hydrogens is 250 g/mol. The molecule has 4 nitrogen and oxygen atoms in total. The van der Waals surface area contributed by atoms with Gasteiger partial charge in [-0.3, -0.25) is 0 Å². The van der Waals surface area contributed by atoms with Crippen LogP contribution in [0, 0.1) is 6.92 Å². The number of hydrogen-bond acceptors (Lipinski definition) is 4. The minimum Gasteiger partial charge on any atom is -0.497 e. The molecule has 0 radical (unpaired) electrons. The van der Waals surface area contributed by atoms with Crippen molar-refractivity contribution in [3.63, 3.8) is 0 Å². The van der Waals surface area contributed by atoms with Crippen LogP contribution >= 0.6 is 0 Å². The molecule has 1 aromatic carbocycles. The molecule has 0 bridgehead atoms. The fourth-order valence-corrected chi connectivity index (χ4v) is 2.39. The Kier molecular flexibility index (Phi) is 4.58. The molecule has 106 valence electrons. The van der Waals surface area contributed by atoms with Gasteiger partial charge in [-0.05, 0) is 49.7 Å². The number of rotatable bonds is 5. The molecule has 0 fully saturated rings. The number of aromatic nitrogens is 1. The van der Waals surface area contributed by atoms with Crippen LogP contribution in [0.4, 0.5) is 5.82 Å². The molecule has 0 saturated heterocycles. The van der Waals surface area contributed by atoms with Crippen LogP contribution in [0.1, 0.15) is 22.7 Å². The Morgan fingerprint density at radius 3 is 2.50 bits per heavy atom. The van der Waals surface area contributed by atoms with Crippen molar-refractivity contribution in [1.82, 2.24) is 10.3 Å². The highest BCUT2D eigenvalue weighted by molar-refractivity contribution is 5.46. The van der Waals surface area contributed by atoms with Gasteiger partial charge in [0.2, 0.25) is 0 Å². The van der Waals surface area contributed by atoms with Gasteiger partial charge in [-0.2, -0.15) is 0 Å². The predicted molar refractivity (Wildman–Crippen MR) is 81.9 cm³/mol. The average molecular weight is 271 g/mol. The van der Waals surface area contributed by atoms with Gasteiger partial charge in [-0.1, -0.05) is 12.1 Å². The SMILES string of the molecule is CNC(Cc1ccc(OC)cc1)c1c(C)ccnc1N. The van der Waals surface area contributed by atoms with Gasteiger partial charge in [-0.25, -0.2) is 4.98 Å². The molecule has 1 unspecified atom stereocenters. The van der Waals surface area contributed by atoms with E-state index in [9.17, 15) is 0 Å². The smallest absolute Gasteiger partial charge is 0.128 e. The standard InChI is InChI=1S/C16H21N3O/c1-11-8-9-19-16(17)15(11)14(18-2)10-12-4-6-13(20-3)7-5-12/h4-9,14,18H,10H2,1-3H3,(H2,17,19). The number of benzene rings is 1. The topological polar surface area (TPSA) is 60.2 Å². The summed E-state index contributed by atoms with van der Waals surface area (Å²) >= 11 is 0. The lowest BCUT2D eigenvalue weighted by atomic mass is 9.96. The van der Waals surface area contributed by atoms with E-state index in [-0.39, 0.29) is 6.04 Å². The van der Waals surface area contributed by atoms with Crippen molar-refractivity contribution in [2.24, 2.45) is 0 Å². The van der Waals surface area contributed by atoms with E-state index in [2.05, 4.69) is 29.4 Å². The minimum atomic E-state index is 0.150. The second kappa shape index (κ2) is 6.39. The normalized spacial score (nSPS) is 12.2. The Hall–Kier alpha value is -2.07. The van der Waals surface area contributed by atoms with E-state index >= 15 is 0 Å².